The first-order valence-electron chi connectivity index (χ1n) is 7.56. The van der Waals surface area contributed by atoms with E-state index in [1.165, 1.54) is 36.0 Å². The van der Waals surface area contributed by atoms with E-state index in [2.05, 4.69) is 45.1 Å². The van der Waals surface area contributed by atoms with E-state index in [4.69, 9.17) is 4.74 Å². The zero-order chi connectivity index (χ0) is 13.8. The zero-order valence-corrected chi connectivity index (χ0v) is 12.8. The molecule has 0 amide bonds. The molecular formula is C17H27NO. The van der Waals surface area contributed by atoms with E-state index in [1.807, 2.05) is 0 Å². The molecule has 1 aliphatic carbocycles. The third-order valence-electron chi connectivity index (χ3n) is 4.13. The van der Waals surface area contributed by atoms with Crippen LogP contribution in [0.15, 0.2) is 12.1 Å². The van der Waals surface area contributed by atoms with E-state index in [0.29, 0.717) is 6.04 Å². The predicted octanol–water partition coefficient (Wildman–Crippen LogP) is 3.77. The molecule has 1 aromatic carbocycles. The van der Waals surface area contributed by atoms with Crippen molar-refractivity contribution in [1.29, 1.82) is 0 Å². The van der Waals surface area contributed by atoms with Crippen molar-refractivity contribution in [2.75, 3.05) is 13.2 Å². The molecule has 0 saturated heterocycles. The maximum absolute atomic E-state index is 6.15. The fourth-order valence-corrected chi connectivity index (χ4v) is 2.51. The molecule has 2 rings (SSSR count). The molecule has 0 bridgehead atoms. The molecule has 1 fully saturated rings. The summed E-state index contributed by atoms with van der Waals surface area (Å²) in [6.45, 7) is 10.5. The highest BCUT2D eigenvalue weighted by atomic mass is 16.5. The largest absolute Gasteiger partial charge is 0.491 e. The van der Waals surface area contributed by atoms with E-state index in [-0.39, 0.29) is 0 Å². The molecule has 19 heavy (non-hydrogen) atoms. The van der Waals surface area contributed by atoms with Crippen molar-refractivity contribution < 1.29 is 4.74 Å². The van der Waals surface area contributed by atoms with Gasteiger partial charge in [-0.3, -0.25) is 0 Å². The van der Waals surface area contributed by atoms with Crippen LogP contribution in [0.3, 0.4) is 0 Å². The van der Waals surface area contributed by atoms with Gasteiger partial charge in [-0.25, -0.2) is 0 Å². The molecule has 0 radical (unpaired) electrons. The lowest BCUT2D eigenvalue weighted by Crippen LogP contribution is -2.37. The number of hydrogen-bond donors (Lipinski definition) is 1. The normalized spacial score (nSPS) is 16.4. The van der Waals surface area contributed by atoms with Crippen LogP contribution in [0.4, 0.5) is 0 Å². The maximum Gasteiger partial charge on any atom is 0.125 e. The molecule has 0 spiro atoms. The van der Waals surface area contributed by atoms with Crippen LogP contribution in [0, 0.1) is 26.7 Å². The van der Waals surface area contributed by atoms with Gasteiger partial charge in [-0.2, -0.15) is 0 Å². The first kappa shape index (κ1) is 14.4. The van der Waals surface area contributed by atoms with Crippen molar-refractivity contribution >= 4 is 0 Å². The standard InChI is InChI=1S/C17H27NO/c1-5-10-18-16(15-8-9-15)11-19-17-13(3)7-6-12(2)14(17)4/h6-7,15-16,18H,5,8-11H2,1-4H3. The van der Waals surface area contributed by atoms with E-state index >= 15 is 0 Å². The van der Waals surface area contributed by atoms with E-state index in [0.717, 1.165) is 24.8 Å². The molecule has 0 aromatic heterocycles. The topological polar surface area (TPSA) is 21.3 Å². The van der Waals surface area contributed by atoms with Crippen LogP contribution in [0.25, 0.3) is 0 Å². The number of ether oxygens (including phenoxy) is 1. The van der Waals surface area contributed by atoms with Gasteiger partial charge in [-0.15, -0.1) is 0 Å². The van der Waals surface area contributed by atoms with Gasteiger partial charge in [0.25, 0.3) is 0 Å². The Morgan fingerprint density at radius 3 is 2.53 bits per heavy atom. The minimum atomic E-state index is 0.527. The van der Waals surface area contributed by atoms with Gasteiger partial charge in [0.05, 0.1) is 0 Å². The van der Waals surface area contributed by atoms with Crippen LogP contribution in [-0.4, -0.2) is 19.2 Å². The molecule has 1 aromatic rings. The molecule has 1 unspecified atom stereocenters. The van der Waals surface area contributed by atoms with Gasteiger partial charge in [0.1, 0.15) is 12.4 Å². The highest BCUT2D eigenvalue weighted by Crippen LogP contribution is 2.33. The van der Waals surface area contributed by atoms with Crippen LogP contribution in [0.5, 0.6) is 5.75 Å². The summed E-state index contributed by atoms with van der Waals surface area (Å²) >= 11 is 0. The molecule has 1 atom stereocenters. The molecule has 1 saturated carbocycles. The van der Waals surface area contributed by atoms with Gasteiger partial charge >= 0.3 is 0 Å². The summed E-state index contributed by atoms with van der Waals surface area (Å²) in [6.07, 6.45) is 3.90. The summed E-state index contributed by atoms with van der Waals surface area (Å²) < 4.78 is 6.15. The predicted molar refractivity (Wildman–Crippen MR) is 81.0 cm³/mol. The fourth-order valence-electron chi connectivity index (χ4n) is 2.51. The summed E-state index contributed by atoms with van der Waals surface area (Å²) in [6, 6.07) is 4.85. The Labute approximate surface area is 117 Å². The highest BCUT2D eigenvalue weighted by Gasteiger charge is 2.31. The Bertz CT molecular complexity index is 424. The minimum absolute atomic E-state index is 0.527. The lowest BCUT2D eigenvalue weighted by Gasteiger charge is -2.21. The lowest BCUT2D eigenvalue weighted by atomic mass is 10.1. The second-order valence-electron chi connectivity index (χ2n) is 5.86. The van der Waals surface area contributed by atoms with Crippen molar-refractivity contribution in [3.05, 3.63) is 28.8 Å². The quantitative estimate of drug-likeness (QED) is 0.806. The van der Waals surface area contributed by atoms with Crippen LogP contribution in [0.2, 0.25) is 0 Å². The first-order chi connectivity index (χ1) is 9.13. The van der Waals surface area contributed by atoms with Gasteiger partial charge in [0.15, 0.2) is 0 Å². The van der Waals surface area contributed by atoms with E-state index in [9.17, 15) is 0 Å². The van der Waals surface area contributed by atoms with Crippen molar-refractivity contribution in [2.45, 2.75) is 53.0 Å². The fraction of sp³-hybridized carbons (Fsp3) is 0.647. The Morgan fingerprint density at radius 1 is 1.21 bits per heavy atom. The Morgan fingerprint density at radius 2 is 1.89 bits per heavy atom. The van der Waals surface area contributed by atoms with Gasteiger partial charge in [0, 0.05) is 6.04 Å². The monoisotopic (exact) mass is 261 g/mol. The number of nitrogens with one attached hydrogen (secondary N) is 1. The highest BCUT2D eigenvalue weighted by molar-refractivity contribution is 5.44. The average Bonchev–Trinajstić information content (AvgIpc) is 3.22. The van der Waals surface area contributed by atoms with Crippen LogP contribution >= 0.6 is 0 Å². The summed E-state index contributed by atoms with van der Waals surface area (Å²) in [5.74, 6) is 1.92. The molecule has 2 nitrogen and oxygen atoms in total. The Balaban J connectivity index is 1.98. The summed E-state index contributed by atoms with van der Waals surface area (Å²) in [5.41, 5.74) is 3.84. The van der Waals surface area contributed by atoms with Crippen molar-refractivity contribution in [3.63, 3.8) is 0 Å². The maximum atomic E-state index is 6.15. The SMILES string of the molecule is CCCNC(COc1c(C)ccc(C)c1C)C1CC1. The van der Waals surface area contributed by atoms with Crippen molar-refractivity contribution in [1.82, 2.24) is 5.32 Å². The van der Waals surface area contributed by atoms with Gasteiger partial charge in [0.2, 0.25) is 0 Å². The smallest absolute Gasteiger partial charge is 0.125 e. The Kier molecular flexibility index (Phi) is 4.87. The van der Waals surface area contributed by atoms with Crippen LogP contribution < -0.4 is 10.1 Å². The molecule has 106 valence electrons. The summed E-state index contributed by atoms with van der Waals surface area (Å²) in [5, 5.41) is 3.63. The second-order valence-corrected chi connectivity index (χ2v) is 5.86. The van der Waals surface area contributed by atoms with Gasteiger partial charge < -0.3 is 10.1 Å². The molecule has 0 aliphatic heterocycles. The Hall–Kier alpha value is -1.02. The zero-order valence-electron chi connectivity index (χ0n) is 12.8. The van der Waals surface area contributed by atoms with Gasteiger partial charge in [-0.1, -0.05) is 19.1 Å². The lowest BCUT2D eigenvalue weighted by molar-refractivity contribution is 0.246. The number of aryl methyl sites for hydroxylation is 2. The third kappa shape index (κ3) is 3.73. The summed E-state index contributed by atoms with van der Waals surface area (Å²) in [7, 11) is 0. The number of hydrogen-bond acceptors (Lipinski definition) is 2. The minimum Gasteiger partial charge on any atom is -0.491 e. The van der Waals surface area contributed by atoms with Gasteiger partial charge in [-0.05, 0) is 69.2 Å². The second kappa shape index (κ2) is 6.42. The van der Waals surface area contributed by atoms with Crippen LogP contribution in [0.1, 0.15) is 42.9 Å². The molecule has 1 aliphatic rings. The number of benzene rings is 1. The summed E-state index contributed by atoms with van der Waals surface area (Å²) in [4.78, 5) is 0. The molecule has 2 heteroatoms. The molecule has 0 heterocycles. The van der Waals surface area contributed by atoms with Crippen molar-refractivity contribution in [3.8, 4) is 5.75 Å². The average molecular weight is 261 g/mol. The molecular weight excluding hydrogens is 234 g/mol. The third-order valence-corrected chi connectivity index (χ3v) is 4.13. The van der Waals surface area contributed by atoms with Crippen molar-refractivity contribution in [2.24, 2.45) is 5.92 Å². The van der Waals surface area contributed by atoms with E-state index < -0.39 is 0 Å². The first-order valence-corrected chi connectivity index (χ1v) is 7.56. The van der Waals surface area contributed by atoms with Crippen LogP contribution in [-0.2, 0) is 0 Å². The van der Waals surface area contributed by atoms with E-state index in [1.54, 1.807) is 0 Å². The number of rotatable bonds is 7. The molecule has 1 N–H and O–H groups in total.